The van der Waals surface area contributed by atoms with Crippen LogP contribution in [0.15, 0.2) is 231 Å². The van der Waals surface area contributed by atoms with Crippen molar-refractivity contribution in [2.45, 2.75) is 209 Å². The highest BCUT2D eigenvalue weighted by Gasteiger charge is 2.45. The van der Waals surface area contributed by atoms with E-state index in [4.69, 9.17) is 29.9 Å². The van der Waals surface area contributed by atoms with Gasteiger partial charge in [0.15, 0.2) is 34.9 Å². The van der Waals surface area contributed by atoms with Crippen molar-refractivity contribution in [2.24, 2.45) is 0 Å². The van der Waals surface area contributed by atoms with Crippen molar-refractivity contribution in [1.82, 2.24) is 34.5 Å². The number of fused-ring (bicyclic) bond motifs is 7. The minimum Gasteiger partial charge on any atom is -0.311 e. The summed E-state index contributed by atoms with van der Waals surface area (Å²) in [5.41, 5.74) is 27.6. The lowest BCUT2D eigenvalue weighted by Crippen LogP contribution is -2.61. The first-order chi connectivity index (χ1) is 53.5. The fraction of sp³-hybridized carbons (Fsp3) is 0.308. The smallest absolute Gasteiger partial charge is 0.252 e. The molecule has 9 nitrogen and oxygen atoms in total. The number of hydrogen-bond acceptors (Lipinski definition) is 8. The molecule has 114 heavy (non-hydrogen) atoms. The zero-order valence-corrected chi connectivity index (χ0v) is 71.5. The van der Waals surface area contributed by atoms with Crippen LogP contribution in [0.3, 0.4) is 0 Å². The number of anilines is 6. The zero-order chi connectivity index (χ0) is 81.1. The van der Waals surface area contributed by atoms with Crippen molar-refractivity contribution in [1.29, 1.82) is 0 Å². The Morgan fingerprint density at radius 2 is 0.474 bits per heavy atom. The van der Waals surface area contributed by atoms with E-state index in [1.165, 1.54) is 60.9 Å². The summed E-state index contributed by atoms with van der Waals surface area (Å²) in [5.74, 6) is 3.41. The summed E-state index contributed by atoms with van der Waals surface area (Å²) in [6.07, 6.45) is 0. The lowest BCUT2D eigenvalue weighted by molar-refractivity contribution is 0.590. The normalized spacial score (nSPS) is 13.6. The highest BCUT2D eigenvalue weighted by molar-refractivity contribution is 7.00. The van der Waals surface area contributed by atoms with Gasteiger partial charge in [-0.3, -0.25) is 0 Å². The highest BCUT2D eigenvalue weighted by Crippen LogP contribution is 2.50. The van der Waals surface area contributed by atoms with Crippen molar-refractivity contribution >= 4 is 79.0 Å². The Kier molecular flexibility index (Phi) is 18.4. The molecule has 0 fully saturated rings. The van der Waals surface area contributed by atoms with Crippen LogP contribution in [0, 0.1) is 0 Å². The van der Waals surface area contributed by atoms with E-state index in [-0.39, 0.29) is 50.0 Å². The average molecular weight is 1500 g/mol. The van der Waals surface area contributed by atoms with Gasteiger partial charge in [-0.25, -0.2) is 29.9 Å². The van der Waals surface area contributed by atoms with Crippen molar-refractivity contribution in [3.8, 4) is 74.0 Å². The van der Waals surface area contributed by atoms with Crippen LogP contribution < -0.4 is 26.2 Å². The number of para-hydroxylation sites is 2. The first kappa shape index (κ1) is 76.9. The van der Waals surface area contributed by atoms with E-state index in [2.05, 4.69) is 411 Å². The molecule has 5 heterocycles. The topological polar surface area (TPSA) is 88.7 Å². The maximum atomic E-state index is 5.70. The molecule has 3 aromatic heterocycles. The predicted molar refractivity (Wildman–Crippen MR) is 484 cm³/mol. The van der Waals surface area contributed by atoms with Crippen LogP contribution in [-0.4, -0.2) is 41.2 Å². The van der Waals surface area contributed by atoms with Crippen molar-refractivity contribution in [3.63, 3.8) is 0 Å². The second-order valence-electron chi connectivity index (χ2n) is 40.3. The van der Waals surface area contributed by atoms with Crippen molar-refractivity contribution in [2.75, 3.05) is 9.80 Å². The molecule has 0 unspecified atom stereocenters. The molecule has 0 N–H and O–H groups in total. The summed E-state index contributed by atoms with van der Waals surface area (Å²) < 4.78 is 2.51. The molecule has 0 bridgehead atoms. The van der Waals surface area contributed by atoms with Gasteiger partial charge in [0.2, 0.25) is 0 Å². The maximum Gasteiger partial charge on any atom is 0.252 e. The monoisotopic (exact) mass is 1500 g/mol. The Labute approximate surface area is 677 Å². The first-order valence-corrected chi connectivity index (χ1v) is 40.9. The number of nitrogens with zero attached hydrogens (tertiary/aromatic N) is 9. The van der Waals surface area contributed by atoms with Gasteiger partial charge < -0.3 is 14.4 Å². The molecule has 0 aliphatic carbocycles. The van der Waals surface area contributed by atoms with Crippen LogP contribution in [0.25, 0.3) is 95.8 Å². The van der Waals surface area contributed by atoms with E-state index < -0.39 is 0 Å². The van der Waals surface area contributed by atoms with E-state index in [1.807, 2.05) is 0 Å². The average Bonchev–Trinajstić information content (AvgIpc) is 0.946. The van der Waals surface area contributed by atoms with E-state index in [1.54, 1.807) is 0 Å². The molecule has 14 aromatic rings. The molecular weight excluding hydrogens is 1390 g/mol. The quantitative estimate of drug-likeness (QED) is 0.132. The van der Waals surface area contributed by atoms with E-state index in [0.717, 1.165) is 95.0 Å². The van der Waals surface area contributed by atoms with Crippen LogP contribution in [0.1, 0.15) is 211 Å². The van der Waals surface area contributed by atoms with Gasteiger partial charge in [0.1, 0.15) is 0 Å². The number of benzene rings is 11. The number of aromatic nitrogens is 7. The lowest BCUT2D eigenvalue weighted by Gasteiger charge is -2.45. The highest BCUT2D eigenvalue weighted by atomic mass is 15.2. The molecule has 0 radical (unpaired) electrons. The Morgan fingerprint density at radius 1 is 0.228 bits per heavy atom. The van der Waals surface area contributed by atoms with Crippen molar-refractivity contribution in [3.05, 3.63) is 275 Å². The maximum absolute atomic E-state index is 5.70. The van der Waals surface area contributed by atoms with Crippen LogP contribution in [0.2, 0.25) is 0 Å². The van der Waals surface area contributed by atoms with Crippen molar-refractivity contribution < 1.29 is 0 Å². The fourth-order valence-electron chi connectivity index (χ4n) is 16.6. The molecular formula is C104H110BN9. The molecule has 0 amide bonds. The summed E-state index contributed by atoms with van der Waals surface area (Å²) in [7, 11) is 0. The molecule has 10 heteroatoms. The Bertz CT molecular complexity index is 5550. The van der Waals surface area contributed by atoms with Gasteiger partial charge in [-0.1, -0.05) is 336 Å². The van der Waals surface area contributed by atoms with Gasteiger partial charge in [-0.2, -0.15) is 0 Å². The second-order valence-corrected chi connectivity index (χ2v) is 40.3. The number of hydrogen-bond donors (Lipinski definition) is 0. The number of rotatable bonds is 9. The second kappa shape index (κ2) is 27.3. The van der Waals surface area contributed by atoms with E-state index >= 15 is 0 Å². The molecule has 0 saturated carbocycles. The molecule has 0 saturated heterocycles. The van der Waals surface area contributed by atoms with Crippen LogP contribution in [0.5, 0.6) is 0 Å². The summed E-state index contributed by atoms with van der Waals surface area (Å²) in [5, 5.41) is 2.02. The third-order valence-corrected chi connectivity index (χ3v) is 23.6. The Balaban J connectivity index is 1.07. The minimum absolute atomic E-state index is 0.0687. The minimum atomic E-state index is -0.188. The summed E-state index contributed by atoms with van der Waals surface area (Å²) in [6, 6.07) is 86.8. The summed E-state index contributed by atoms with van der Waals surface area (Å²) >= 11 is 0. The van der Waals surface area contributed by atoms with Crippen LogP contribution >= 0.6 is 0 Å². The van der Waals surface area contributed by atoms with Crippen LogP contribution in [0.4, 0.5) is 34.1 Å². The largest absolute Gasteiger partial charge is 0.311 e. The third kappa shape index (κ3) is 14.1. The molecule has 0 atom stereocenters. The van der Waals surface area contributed by atoms with Gasteiger partial charge in [-0.15, -0.1) is 0 Å². The zero-order valence-electron chi connectivity index (χ0n) is 71.5. The third-order valence-electron chi connectivity index (χ3n) is 23.6. The van der Waals surface area contributed by atoms with Gasteiger partial charge in [0, 0.05) is 78.3 Å². The molecule has 2 aliphatic rings. The molecule has 2 aliphatic heterocycles. The molecule has 0 spiro atoms. The standard InChI is InChI=1S/C104H110BN9/c1-97(2,3)67-39-31-63(32-40-67)91-106-92(64-33-41-68(42-34-64)98(4,5)6)109-95(108-91)80-29-25-27-78-79-28-26-30-81(96-110-93(65-35-43-69(44-36-65)99(7,8)9)107-94(111-96)66-37-45-70(46-38-66)100(10,11)12)90(79)114(89(78)80)77-61-86-88-87(62-77)113(76-55-49-72(50-56-76)102(16,17)18)85-58-52-74(104(22,23)24)60-83(85)105(88)82-59-73(103(19,20)21)51-57-84(82)112(86)75-53-47-71(48-54-75)101(13,14)15/h25-62H,1-24H3. The van der Waals surface area contributed by atoms with Gasteiger partial charge in [0.25, 0.3) is 6.71 Å². The Hall–Kier alpha value is -11.1. The van der Waals surface area contributed by atoms with Crippen LogP contribution in [-0.2, 0) is 43.3 Å². The molecule has 16 rings (SSSR count). The van der Waals surface area contributed by atoms with Gasteiger partial charge in [0.05, 0.1) is 16.7 Å². The molecule has 11 aromatic carbocycles. The van der Waals surface area contributed by atoms with E-state index in [9.17, 15) is 0 Å². The lowest BCUT2D eigenvalue weighted by atomic mass is 9.33. The first-order valence-electron chi connectivity index (χ1n) is 40.9. The Morgan fingerprint density at radius 3 is 0.737 bits per heavy atom. The summed E-state index contributed by atoms with van der Waals surface area (Å²) in [4.78, 5) is 38.9. The SMILES string of the molecule is CC(C)(C)c1ccc(-c2nc(-c3ccc(C(C)(C)C)cc3)nc(-c3cccc4c5cccc(-c6nc(-c7ccc(C(C)(C)C)cc7)nc(-c7ccc(C(C)(C)C)cc7)n6)c5n(-c5cc6c7c(c5)N(c5ccc(C(C)(C)C)cc5)c5ccc(C(C)(C)C)cc5B7c5cc(C(C)(C)C)ccc5N6c5ccc(C(C)(C)C)cc5)c34)n2)cc1. The summed E-state index contributed by atoms with van der Waals surface area (Å²) in [6.45, 7) is 54.8. The van der Waals surface area contributed by atoms with Gasteiger partial charge >= 0.3 is 0 Å². The fourth-order valence-corrected chi connectivity index (χ4v) is 16.6. The predicted octanol–water partition coefficient (Wildman–Crippen LogP) is 25.6. The molecule has 574 valence electrons. The van der Waals surface area contributed by atoms with E-state index in [0.29, 0.717) is 34.9 Å². The van der Waals surface area contributed by atoms with Gasteiger partial charge in [-0.05, 0) is 165 Å².